The van der Waals surface area contributed by atoms with Crippen molar-refractivity contribution >= 4 is 0 Å². The molecule has 2 nitrogen and oxygen atoms in total. The third kappa shape index (κ3) is 1.83. The number of hydrogen-bond acceptors (Lipinski definition) is 2. The van der Waals surface area contributed by atoms with Crippen molar-refractivity contribution in [1.82, 2.24) is 5.32 Å². The minimum Gasteiger partial charge on any atom is -0.375 e. The molecule has 2 saturated carbocycles. The first-order chi connectivity index (χ1) is 7.10. The maximum Gasteiger partial charge on any atom is 0.0697 e. The molecule has 0 bridgehead atoms. The Labute approximate surface area is 92.8 Å². The van der Waals surface area contributed by atoms with Crippen molar-refractivity contribution in [3.05, 3.63) is 0 Å². The Hall–Kier alpha value is -0.0800. The van der Waals surface area contributed by atoms with Crippen molar-refractivity contribution in [2.24, 2.45) is 5.41 Å². The molecule has 3 aliphatic rings. The van der Waals surface area contributed by atoms with E-state index in [1.54, 1.807) is 0 Å². The van der Waals surface area contributed by atoms with Crippen LogP contribution in [-0.2, 0) is 4.74 Å². The molecule has 0 aromatic carbocycles. The van der Waals surface area contributed by atoms with Gasteiger partial charge in [-0.1, -0.05) is 13.8 Å². The predicted octanol–water partition coefficient (Wildman–Crippen LogP) is 2.48. The predicted molar refractivity (Wildman–Crippen MR) is 60.9 cm³/mol. The SMILES string of the molecule is CC1(C)CC1NC1CCOC2(CCC2)C1. The van der Waals surface area contributed by atoms with Gasteiger partial charge in [0, 0.05) is 18.7 Å². The highest BCUT2D eigenvalue weighted by atomic mass is 16.5. The molecule has 0 aromatic rings. The van der Waals surface area contributed by atoms with Crippen molar-refractivity contribution in [3.63, 3.8) is 0 Å². The molecule has 0 aromatic heterocycles. The standard InChI is InChI=1S/C13H23NO/c1-12(2)9-11(12)14-10-4-7-15-13(8-10)5-3-6-13/h10-11,14H,3-9H2,1-2H3. The molecule has 1 N–H and O–H groups in total. The van der Waals surface area contributed by atoms with Crippen LogP contribution in [-0.4, -0.2) is 24.3 Å². The van der Waals surface area contributed by atoms with Crippen LogP contribution in [0.1, 0.15) is 52.4 Å². The maximum atomic E-state index is 5.95. The molecule has 1 spiro atoms. The number of rotatable bonds is 2. The van der Waals surface area contributed by atoms with Gasteiger partial charge in [-0.3, -0.25) is 0 Å². The second kappa shape index (κ2) is 3.21. The molecule has 2 unspecified atom stereocenters. The van der Waals surface area contributed by atoms with Gasteiger partial charge in [-0.25, -0.2) is 0 Å². The first-order valence-corrected chi connectivity index (χ1v) is 6.50. The summed E-state index contributed by atoms with van der Waals surface area (Å²) in [6.45, 7) is 5.71. The van der Waals surface area contributed by atoms with Crippen LogP contribution in [0.3, 0.4) is 0 Å². The van der Waals surface area contributed by atoms with Gasteiger partial charge in [0.15, 0.2) is 0 Å². The quantitative estimate of drug-likeness (QED) is 0.754. The summed E-state index contributed by atoms with van der Waals surface area (Å²) in [5.41, 5.74) is 0.861. The van der Waals surface area contributed by atoms with Gasteiger partial charge >= 0.3 is 0 Å². The van der Waals surface area contributed by atoms with Gasteiger partial charge in [0.05, 0.1) is 5.60 Å². The highest BCUT2D eigenvalue weighted by Gasteiger charge is 2.48. The molecule has 2 heteroatoms. The fourth-order valence-electron chi connectivity index (χ4n) is 3.13. The summed E-state index contributed by atoms with van der Waals surface area (Å²) in [6, 6.07) is 1.50. The first kappa shape index (κ1) is 10.1. The van der Waals surface area contributed by atoms with Gasteiger partial charge in [-0.2, -0.15) is 0 Å². The highest BCUT2D eigenvalue weighted by molar-refractivity contribution is 5.05. The average molecular weight is 209 g/mol. The minimum absolute atomic E-state index is 0.301. The van der Waals surface area contributed by atoms with E-state index in [-0.39, 0.29) is 0 Å². The summed E-state index contributed by atoms with van der Waals surface area (Å²) in [7, 11) is 0. The van der Waals surface area contributed by atoms with Gasteiger partial charge in [-0.05, 0) is 43.9 Å². The lowest BCUT2D eigenvalue weighted by Crippen LogP contribution is -2.51. The van der Waals surface area contributed by atoms with Crippen LogP contribution in [0, 0.1) is 5.41 Å². The van der Waals surface area contributed by atoms with Gasteiger partial charge in [0.1, 0.15) is 0 Å². The molecule has 1 heterocycles. The summed E-state index contributed by atoms with van der Waals surface area (Å²) < 4.78 is 5.95. The summed E-state index contributed by atoms with van der Waals surface area (Å²) in [5.74, 6) is 0. The van der Waals surface area contributed by atoms with Crippen molar-refractivity contribution < 1.29 is 4.74 Å². The Morgan fingerprint density at radius 2 is 1.93 bits per heavy atom. The van der Waals surface area contributed by atoms with Gasteiger partial charge in [0.2, 0.25) is 0 Å². The maximum absolute atomic E-state index is 5.95. The summed E-state index contributed by atoms with van der Waals surface area (Å²) >= 11 is 0. The molecule has 3 fully saturated rings. The van der Waals surface area contributed by atoms with Gasteiger partial charge in [-0.15, -0.1) is 0 Å². The second-order valence-corrected chi connectivity index (χ2v) is 6.49. The highest BCUT2D eigenvalue weighted by Crippen LogP contribution is 2.47. The average Bonchev–Trinajstić information content (AvgIpc) is 2.71. The van der Waals surface area contributed by atoms with Crippen LogP contribution in [0.25, 0.3) is 0 Å². The number of hydrogen-bond donors (Lipinski definition) is 1. The van der Waals surface area contributed by atoms with Crippen molar-refractivity contribution in [2.75, 3.05) is 6.61 Å². The molecular weight excluding hydrogens is 186 g/mol. The minimum atomic E-state index is 0.301. The Balaban J connectivity index is 1.54. The zero-order valence-corrected chi connectivity index (χ0v) is 10.0. The fourth-order valence-corrected chi connectivity index (χ4v) is 3.13. The van der Waals surface area contributed by atoms with Crippen molar-refractivity contribution in [1.29, 1.82) is 0 Å². The number of nitrogens with one attached hydrogen (secondary N) is 1. The van der Waals surface area contributed by atoms with E-state index in [2.05, 4.69) is 19.2 Å². The zero-order chi connectivity index (χ0) is 10.5. The van der Waals surface area contributed by atoms with Gasteiger partial charge in [0.25, 0.3) is 0 Å². The lowest BCUT2D eigenvalue weighted by Gasteiger charge is -2.47. The lowest BCUT2D eigenvalue weighted by atomic mass is 9.74. The molecule has 15 heavy (non-hydrogen) atoms. The van der Waals surface area contributed by atoms with Crippen LogP contribution >= 0.6 is 0 Å². The van der Waals surface area contributed by atoms with Crippen molar-refractivity contribution in [2.45, 2.75) is 70.1 Å². The van der Waals surface area contributed by atoms with E-state index in [1.165, 1.54) is 38.5 Å². The first-order valence-electron chi connectivity index (χ1n) is 6.50. The smallest absolute Gasteiger partial charge is 0.0697 e. The molecule has 2 atom stereocenters. The lowest BCUT2D eigenvalue weighted by molar-refractivity contribution is -0.135. The molecule has 3 rings (SSSR count). The van der Waals surface area contributed by atoms with E-state index in [9.17, 15) is 0 Å². The van der Waals surface area contributed by atoms with E-state index in [4.69, 9.17) is 4.74 Å². The third-order valence-corrected chi connectivity index (χ3v) is 4.71. The Kier molecular flexibility index (Phi) is 2.16. The van der Waals surface area contributed by atoms with E-state index in [0.29, 0.717) is 11.0 Å². The molecular formula is C13H23NO. The van der Waals surface area contributed by atoms with E-state index >= 15 is 0 Å². The number of ether oxygens (including phenoxy) is 1. The largest absolute Gasteiger partial charge is 0.375 e. The van der Waals surface area contributed by atoms with Crippen LogP contribution in [0.5, 0.6) is 0 Å². The van der Waals surface area contributed by atoms with E-state index in [1.807, 2.05) is 0 Å². The fraction of sp³-hybridized carbons (Fsp3) is 1.00. The molecule has 0 radical (unpaired) electrons. The summed E-state index contributed by atoms with van der Waals surface area (Å²) in [4.78, 5) is 0. The molecule has 1 saturated heterocycles. The van der Waals surface area contributed by atoms with Crippen LogP contribution in [0.4, 0.5) is 0 Å². The zero-order valence-electron chi connectivity index (χ0n) is 10.0. The Morgan fingerprint density at radius 3 is 2.47 bits per heavy atom. The second-order valence-electron chi connectivity index (χ2n) is 6.49. The summed E-state index contributed by atoms with van der Waals surface area (Å²) in [5, 5.41) is 3.83. The van der Waals surface area contributed by atoms with E-state index < -0.39 is 0 Å². The summed E-state index contributed by atoms with van der Waals surface area (Å²) in [6.07, 6.45) is 7.82. The molecule has 86 valence electrons. The monoisotopic (exact) mass is 209 g/mol. The Morgan fingerprint density at radius 1 is 1.20 bits per heavy atom. The molecule has 0 amide bonds. The molecule has 1 aliphatic heterocycles. The Bertz CT molecular complexity index is 257. The normalized spacial score (nSPS) is 41.2. The molecule has 2 aliphatic carbocycles. The van der Waals surface area contributed by atoms with Crippen molar-refractivity contribution in [3.8, 4) is 0 Å². The van der Waals surface area contributed by atoms with Crippen LogP contribution in [0.15, 0.2) is 0 Å². The van der Waals surface area contributed by atoms with E-state index in [0.717, 1.165) is 18.7 Å². The third-order valence-electron chi connectivity index (χ3n) is 4.71. The van der Waals surface area contributed by atoms with Gasteiger partial charge < -0.3 is 10.1 Å². The van der Waals surface area contributed by atoms with Crippen LogP contribution in [0.2, 0.25) is 0 Å². The van der Waals surface area contributed by atoms with Crippen LogP contribution < -0.4 is 5.32 Å². The topological polar surface area (TPSA) is 21.3 Å².